The Morgan fingerprint density at radius 3 is 2.67 bits per heavy atom. The first-order valence-electron chi connectivity index (χ1n) is 4.99. The topological polar surface area (TPSA) is 113 Å². The molecule has 1 aliphatic heterocycles. The van der Waals surface area contributed by atoms with Crippen LogP contribution in [0.2, 0.25) is 5.02 Å². The zero-order chi connectivity index (χ0) is 13.5. The lowest BCUT2D eigenvalue weighted by Crippen LogP contribution is -2.34. The molecule has 2 heterocycles. The van der Waals surface area contributed by atoms with E-state index < -0.39 is 26.7 Å². The molecule has 1 fully saturated rings. The summed E-state index contributed by atoms with van der Waals surface area (Å²) in [6.07, 6.45) is 1.05. The van der Waals surface area contributed by atoms with Crippen LogP contribution in [0, 0.1) is 0 Å². The van der Waals surface area contributed by atoms with Crippen LogP contribution in [0.5, 0.6) is 0 Å². The lowest BCUT2D eigenvalue weighted by Gasteiger charge is -2.15. The Morgan fingerprint density at radius 1 is 1.44 bits per heavy atom. The molecule has 1 atom stereocenters. The molecule has 0 bridgehead atoms. The molecule has 2 rings (SSSR count). The van der Waals surface area contributed by atoms with Crippen LogP contribution in [0.1, 0.15) is 6.42 Å². The van der Waals surface area contributed by atoms with E-state index in [2.05, 4.69) is 4.98 Å². The number of halogens is 1. The highest BCUT2D eigenvalue weighted by molar-refractivity contribution is 7.89. The fraction of sp³-hybridized carbons (Fsp3) is 0.333. The Bertz CT molecular complexity index is 654. The van der Waals surface area contributed by atoms with E-state index in [9.17, 15) is 18.0 Å². The van der Waals surface area contributed by atoms with E-state index >= 15 is 0 Å². The molecule has 0 aromatic carbocycles. The number of nitrogens with zero attached hydrogens (tertiary/aromatic N) is 1. The number of primary sulfonamides is 1. The molecule has 9 heteroatoms. The number of hydrogen-bond donors (Lipinski definition) is 2. The van der Waals surface area contributed by atoms with Gasteiger partial charge in [-0.2, -0.15) is 0 Å². The summed E-state index contributed by atoms with van der Waals surface area (Å²) >= 11 is 5.72. The van der Waals surface area contributed by atoms with Crippen LogP contribution in [-0.2, 0) is 14.8 Å². The molecule has 7 nitrogen and oxygen atoms in total. The SMILES string of the molecule is NS(=O)(=O)C1CC(=O)N(c2cc(Cl)c[nH]c2=O)C1. The summed E-state index contributed by atoms with van der Waals surface area (Å²) in [6, 6.07) is 1.31. The fourth-order valence-electron chi connectivity index (χ4n) is 1.77. The van der Waals surface area contributed by atoms with E-state index in [0.29, 0.717) is 0 Å². The zero-order valence-corrected chi connectivity index (χ0v) is 10.7. The summed E-state index contributed by atoms with van der Waals surface area (Å²) in [7, 11) is -3.81. The lowest BCUT2D eigenvalue weighted by molar-refractivity contribution is -0.117. The number of carbonyl (C=O) groups excluding carboxylic acids is 1. The monoisotopic (exact) mass is 291 g/mol. The van der Waals surface area contributed by atoms with Crippen molar-refractivity contribution in [2.45, 2.75) is 11.7 Å². The number of hydrogen-bond acceptors (Lipinski definition) is 4. The van der Waals surface area contributed by atoms with Crippen molar-refractivity contribution in [3.05, 3.63) is 27.6 Å². The first kappa shape index (κ1) is 13.1. The van der Waals surface area contributed by atoms with E-state index in [1.54, 1.807) is 0 Å². The van der Waals surface area contributed by atoms with Gasteiger partial charge in [0, 0.05) is 19.2 Å². The van der Waals surface area contributed by atoms with E-state index in [4.69, 9.17) is 16.7 Å². The fourth-order valence-corrected chi connectivity index (χ4v) is 2.66. The summed E-state index contributed by atoms with van der Waals surface area (Å²) in [4.78, 5) is 26.7. The number of aromatic nitrogens is 1. The van der Waals surface area contributed by atoms with Gasteiger partial charge in [-0.15, -0.1) is 0 Å². The van der Waals surface area contributed by atoms with Crippen molar-refractivity contribution in [2.75, 3.05) is 11.4 Å². The van der Waals surface area contributed by atoms with Crippen molar-refractivity contribution in [2.24, 2.45) is 5.14 Å². The third-order valence-electron chi connectivity index (χ3n) is 2.69. The van der Waals surface area contributed by atoms with Crippen molar-refractivity contribution in [3.63, 3.8) is 0 Å². The largest absolute Gasteiger partial charge is 0.326 e. The first-order chi connectivity index (χ1) is 8.29. The maximum Gasteiger partial charge on any atom is 0.272 e. The third-order valence-corrected chi connectivity index (χ3v) is 4.16. The number of H-pyrrole nitrogens is 1. The van der Waals surface area contributed by atoms with Crippen LogP contribution in [0.15, 0.2) is 17.1 Å². The van der Waals surface area contributed by atoms with Gasteiger partial charge in [0.05, 0.1) is 5.02 Å². The first-order valence-corrected chi connectivity index (χ1v) is 6.98. The normalized spacial score (nSPS) is 20.4. The van der Waals surface area contributed by atoms with Crippen LogP contribution in [-0.4, -0.2) is 31.1 Å². The van der Waals surface area contributed by atoms with Crippen LogP contribution in [0.3, 0.4) is 0 Å². The van der Waals surface area contributed by atoms with Gasteiger partial charge in [0.15, 0.2) is 0 Å². The van der Waals surface area contributed by atoms with Gasteiger partial charge in [-0.25, -0.2) is 13.6 Å². The standard InChI is InChI=1S/C9H10ClN3O4S/c10-5-1-7(9(15)12-3-5)13-4-6(2-8(13)14)18(11,16)17/h1,3,6H,2,4H2,(H,12,15)(H2,11,16,17). The number of anilines is 1. The van der Waals surface area contributed by atoms with Gasteiger partial charge in [0.1, 0.15) is 10.9 Å². The van der Waals surface area contributed by atoms with Gasteiger partial charge in [-0.05, 0) is 6.07 Å². The molecule has 1 saturated heterocycles. The predicted octanol–water partition coefficient (Wildman–Crippen LogP) is -0.578. The van der Waals surface area contributed by atoms with Gasteiger partial charge in [-0.1, -0.05) is 11.6 Å². The van der Waals surface area contributed by atoms with Gasteiger partial charge in [0.25, 0.3) is 5.56 Å². The molecule has 1 aromatic rings. The highest BCUT2D eigenvalue weighted by Crippen LogP contribution is 2.23. The van der Waals surface area contributed by atoms with Gasteiger partial charge >= 0.3 is 0 Å². The number of carbonyl (C=O) groups is 1. The Labute approximate surface area is 108 Å². The second kappa shape index (κ2) is 4.38. The number of nitrogens with two attached hydrogens (primary N) is 1. The van der Waals surface area contributed by atoms with E-state index in [-0.39, 0.29) is 23.7 Å². The molecule has 18 heavy (non-hydrogen) atoms. The van der Waals surface area contributed by atoms with Gasteiger partial charge < -0.3 is 9.88 Å². The summed E-state index contributed by atoms with van der Waals surface area (Å²) in [5.74, 6) is -0.471. The van der Waals surface area contributed by atoms with Gasteiger partial charge in [0.2, 0.25) is 15.9 Å². The van der Waals surface area contributed by atoms with Gasteiger partial charge in [-0.3, -0.25) is 9.59 Å². The molecule has 0 saturated carbocycles. The second-order valence-electron chi connectivity index (χ2n) is 3.95. The maximum atomic E-state index is 11.7. The molecular formula is C9H10ClN3O4S. The van der Waals surface area contributed by atoms with Crippen LogP contribution in [0.25, 0.3) is 0 Å². The average molecular weight is 292 g/mol. The Morgan fingerprint density at radius 2 is 2.11 bits per heavy atom. The van der Waals surface area contributed by atoms with Crippen molar-refractivity contribution in [3.8, 4) is 0 Å². The number of sulfonamides is 1. The molecule has 1 amide bonds. The molecule has 0 radical (unpaired) electrons. The number of nitrogens with one attached hydrogen (secondary N) is 1. The number of rotatable bonds is 2. The Hall–Kier alpha value is -1.38. The van der Waals surface area contributed by atoms with E-state index in [1.165, 1.54) is 12.3 Å². The maximum absolute atomic E-state index is 11.7. The lowest BCUT2D eigenvalue weighted by atomic mass is 10.4. The minimum Gasteiger partial charge on any atom is -0.326 e. The van der Waals surface area contributed by atoms with Crippen LogP contribution in [0.4, 0.5) is 5.69 Å². The van der Waals surface area contributed by atoms with Crippen molar-refractivity contribution in [1.29, 1.82) is 0 Å². The quantitative estimate of drug-likeness (QED) is 0.759. The molecule has 1 unspecified atom stereocenters. The van der Waals surface area contributed by atoms with Crippen LogP contribution >= 0.6 is 11.6 Å². The summed E-state index contributed by atoms with van der Waals surface area (Å²) < 4.78 is 22.4. The summed E-state index contributed by atoms with van der Waals surface area (Å²) in [6.45, 7) is -0.138. The highest BCUT2D eigenvalue weighted by Gasteiger charge is 2.38. The summed E-state index contributed by atoms with van der Waals surface area (Å²) in [5.41, 5.74) is -0.485. The minimum absolute atomic E-state index is 0.0265. The second-order valence-corrected chi connectivity index (χ2v) is 6.23. The number of aromatic amines is 1. The summed E-state index contributed by atoms with van der Waals surface area (Å²) in [5, 5.41) is 4.24. The molecule has 1 aliphatic rings. The third kappa shape index (κ3) is 2.40. The predicted molar refractivity (Wildman–Crippen MR) is 65.9 cm³/mol. The van der Waals surface area contributed by atoms with E-state index in [0.717, 1.165) is 4.90 Å². The molecule has 3 N–H and O–H groups in total. The van der Waals surface area contributed by atoms with Crippen molar-refractivity contribution >= 4 is 33.2 Å². The average Bonchev–Trinajstić information content (AvgIpc) is 2.64. The highest BCUT2D eigenvalue weighted by atomic mass is 35.5. The van der Waals surface area contributed by atoms with Crippen molar-refractivity contribution < 1.29 is 13.2 Å². The zero-order valence-electron chi connectivity index (χ0n) is 9.09. The molecule has 0 aliphatic carbocycles. The molecular weight excluding hydrogens is 282 g/mol. The molecule has 0 spiro atoms. The Balaban J connectivity index is 2.39. The Kier molecular flexibility index (Phi) is 3.18. The molecule has 1 aromatic heterocycles. The minimum atomic E-state index is -3.81. The molecule has 98 valence electrons. The number of pyridine rings is 1. The van der Waals surface area contributed by atoms with Crippen LogP contribution < -0.4 is 15.6 Å². The smallest absolute Gasteiger partial charge is 0.272 e. The number of amides is 1. The van der Waals surface area contributed by atoms with Crippen molar-refractivity contribution in [1.82, 2.24) is 4.98 Å². The van der Waals surface area contributed by atoms with E-state index in [1.807, 2.05) is 0 Å².